The predicted octanol–water partition coefficient (Wildman–Crippen LogP) is 2.96. The average Bonchev–Trinajstić information content (AvgIpc) is 2.79. The molecule has 2 amide bonds. The molecule has 0 unspecified atom stereocenters. The molecule has 2 atom stereocenters. The molecule has 0 aliphatic carbocycles. The van der Waals surface area contributed by atoms with Gasteiger partial charge in [0.05, 0.1) is 0 Å². The van der Waals surface area contributed by atoms with E-state index in [0.29, 0.717) is 12.2 Å². The van der Waals surface area contributed by atoms with Crippen molar-refractivity contribution in [1.29, 1.82) is 0 Å². The summed E-state index contributed by atoms with van der Waals surface area (Å²) in [4.78, 5) is 29.4. The van der Waals surface area contributed by atoms with Gasteiger partial charge in [-0.05, 0) is 24.1 Å². The molecule has 1 fully saturated rings. The van der Waals surface area contributed by atoms with Gasteiger partial charge in [-0.1, -0.05) is 37.3 Å². The Bertz CT molecular complexity index is 921. The van der Waals surface area contributed by atoms with Crippen molar-refractivity contribution in [2.45, 2.75) is 31.6 Å². The van der Waals surface area contributed by atoms with Crippen molar-refractivity contribution in [2.75, 3.05) is 26.7 Å². The Labute approximate surface area is 180 Å². The largest absolute Gasteiger partial charge is 0.354 e. The second-order valence-corrected chi connectivity index (χ2v) is 7.83. The van der Waals surface area contributed by atoms with E-state index < -0.39 is 23.7 Å². The van der Waals surface area contributed by atoms with E-state index in [1.54, 1.807) is 6.07 Å². The molecule has 6 nitrogen and oxygen atoms in total. The lowest BCUT2D eigenvalue weighted by molar-refractivity contribution is -0.0801. The van der Waals surface area contributed by atoms with Crippen molar-refractivity contribution in [1.82, 2.24) is 20.9 Å². The first-order chi connectivity index (χ1) is 14.8. The van der Waals surface area contributed by atoms with Crippen LogP contribution in [-0.2, 0) is 0 Å². The van der Waals surface area contributed by atoms with Crippen LogP contribution in [-0.4, -0.2) is 49.4 Å². The second kappa shape index (κ2) is 9.96. The molecule has 31 heavy (non-hydrogen) atoms. The van der Waals surface area contributed by atoms with Crippen LogP contribution >= 0.6 is 0 Å². The molecule has 1 aliphatic heterocycles. The Hall–Kier alpha value is -2.87. The molecule has 0 spiro atoms. The van der Waals surface area contributed by atoms with Crippen LogP contribution in [0.4, 0.5) is 8.78 Å². The second-order valence-electron chi connectivity index (χ2n) is 7.83. The standard InChI is InChI=1S/C23H28F2N4O2/c1-15(16-6-4-3-5-7-16)19-12-17(13-20(29-19)22(31)26-2)21(30)28-10-8-18-14-27-11-9-23(18,24)25/h3-7,12-13,15,18,27H,8-11,14H2,1-2H3,(H,26,31)(H,28,30)/t15-,18+/m0/s1. The van der Waals surface area contributed by atoms with Gasteiger partial charge in [0.2, 0.25) is 0 Å². The van der Waals surface area contributed by atoms with E-state index in [1.807, 2.05) is 37.3 Å². The number of amides is 2. The molecule has 0 radical (unpaired) electrons. The van der Waals surface area contributed by atoms with Crippen LogP contribution in [0.2, 0.25) is 0 Å². The van der Waals surface area contributed by atoms with Crippen LogP contribution in [0.5, 0.6) is 0 Å². The van der Waals surface area contributed by atoms with Crippen LogP contribution in [0.3, 0.4) is 0 Å². The number of piperidine rings is 1. The smallest absolute Gasteiger partial charge is 0.269 e. The number of rotatable bonds is 7. The number of hydrogen-bond donors (Lipinski definition) is 3. The summed E-state index contributed by atoms with van der Waals surface area (Å²) < 4.78 is 28.0. The quantitative estimate of drug-likeness (QED) is 0.631. The molecule has 1 aromatic carbocycles. The van der Waals surface area contributed by atoms with Crippen molar-refractivity contribution < 1.29 is 18.4 Å². The lowest BCUT2D eigenvalue weighted by Crippen LogP contribution is -2.45. The molecule has 1 aromatic heterocycles. The van der Waals surface area contributed by atoms with Gasteiger partial charge in [0.1, 0.15) is 5.69 Å². The summed E-state index contributed by atoms with van der Waals surface area (Å²) in [6.45, 7) is 2.61. The number of carbonyl (C=O) groups is 2. The molecule has 3 N–H and O–H groups in total. The van der Waals surface area contributed by atoms with Crippen LogP contribution in [0, 0.1) is 5.92 Å². The first kappa shape index (κ1) is 22.8. The number of pyridine rings is 1. The van der Waals surface area contributed by atoms with Crippen LogP contribution in [0.25, 0.3) is 0 Å². The Balaban J connectivity index is 1.76. The summed E-state index contributed by atoms with van der Waals surface area (Å²) in [5.41, 5.74) is 2.00. The maximum absolute atomic E-state index is 14.0. The highest BCUT2D eigenvalue weighted by molar-refractivity contribution is 5.98. The number of alkyl halides is 2. The van der Waals surface area contributed by atoms with Crippen LogP contribution in [0.1, 0.15) is 57.8 Å². The van der Waals surface area contributed by atoms with Crippen LogP contribution in [0.15, 0.2) is 42.5 Å². The minimum Gasteiger partial charge on any atom is -0.354 e. The topological polar surface area (TPSA) is 83.1 Å². The molecule has 1 saturated heterocycles. The monoisotopic (exact) mass is 430 g/mol. The number of nitrogens with one attached hydrogen (secondary N) is 3. The highest BCUT2D eigenvalue weighted by Gasteiger charge is 2.40. The van der Waals surface area contributed by atoms with Gasteiger partial charge in [0.25, 0.3) is 17.7 Å². The van der Waals surface area contributed by atoms with Crippen LogP contribution < -0.4 is 16.0 Å². The number of halogens is 2. The van der Waals surface area contributed by atoms with Crippen molar-refractivity contribution in [3.05, 3.63) is 65.0 Å². The molecule has 0 saturated carbocycles. The van der Waals surface area contributed by atoms with E-state index in [2.05, 4.69) is 20.9 Å². The maximum Gasteiger partial charge on any atom is 0.269 e. The van der Waals surface area contributed by atoms with Crippen molar-refractivity contribution >= 4 is 11.8 Å². The average molecular weight is 430 g/mol. The number of hydrogen-bond acceptors (Lipinski definition) is 4. The van der Waals surface area contributed by atoms with Gasteiger partial charge in [-0.3, -0.25) is 9.59 Å². The van der Waals surface area contributed by atoms with Crippen molar-refractivity contribution in [3.8, 4) is 0 Å². The van der Waals surface area contributed by atoms with Gasteiger partial charge in [0.15, 0.2) is 0 Å². The Morgan fingerprint density at radius 3 is 2.65 bits per heavy atom. The van der Waals surface area contributed by atoms with E-state index in [-0.39, 0.29) is 43.1 Å². The van der Waals surface area contributed by atoms with E-state index in [4.69, 9.17) is 0 Å². The Morgan fingerprint density at radius 1 is 1.23 bits per heavy atom. The summed E-state index contributed by atoms with van der Waals surface area (Å²) >= 11 is 0. The molecule has 2 aromatic rings. The lowest BCUT2D eigenvalue weighted by Gasteiger charge is -2.31. The number of aromatic nitrogens is 1. The summed E-state index contributed by atoms with van der Waals surface area (Å²) in [7, 11) is 1.50. The SMILES string of the molecule is CNC(=O)c1cc(C(=O)NCC[C@@H]2CNCCC2(F)F)cc([C@@H](C)c2ccccc2)n1. The van der Waals surface area contributed by atoms with E-state index in [0.717, 1.165) is 5.56 Å². The fourth-order valence-electron chi connectivity index (χ4n) is 3.72. The molecule has 166 valence electrons. The van der Waals surface area contributed by atoms with E-state index >= 15 is 0 Å². The van der Waals surface area contributed by atoms with Gasteiger partial charge in [-0.15, -0.1) is 0 Å². The first-order valence-electron chi connectivity index (χ1n) is 10.5. The predicted molar refractivity (Wildman–Crippen MR) is 114 cm³/mol. The number of carbonyl (C=O) groups excluding carboxylic acids is 2. The fourth-order valence-corrected chi connectivity index (χ4v) is 3.72. The molecule has 3 rings (SSSR count). The minimum absolute atomic E-state index is 0.127. The number of benzene rings is 1. The van der Waals surface area contributed by atoms with Gasteiger partial charge in [-0.2, -0.15) is 0 Å². The third-order valence-corrected chi connectivity index (χ3v) is 5.71. The summed E-state index contributed by atoms with van der Waals surface area (Å²) in [6, 6.07) is 12.7. The molecule has 2 heterocycles. The Morgan fingerprint density at radius 2 is 1.97 bits per heavy atom. The Kier molecular flexibility index (Phi) is 7.33. The summed E-state index contributed by atoms with van der Waals surface area (Å²) in [6.07, 6.45) is -0.0153. The molecule has 8 heteroatoms. The van der Waals surface area contributed by atoms with Gasteiger partial charge in [-0.25, -0.2) is 13.8 Å². The van der Waals surface area contributed by atoms with E-state index in [9.17, 15) is 18.4 Å². The van der Waals surface area contributed by atoms with Crippen molar-refractivity contribution in [3.63, 3.8) is 0 Å². The summed E-state index contributed by atoms with van der Waals surface area (Å²) in [5.74, 6) is -4.49. The van der Waals surface area contributed by atoms with E-state index in [1.165, 1.54) is 13.1 Å². The zero-order valence-electron chi connectivity index (χ0n) is 17.8. The molecule has 0 bridgehead atoms. The zero-order valence-corrected chi connectivity index (χ0v) is 17.8. The summed E-state index contributed by atoms with van der Waals surface area (Å²) in [5, 5.41) is 8.22. The third kappa shape index (κ3) is 5.64. The van der Waals surface area contributed by atoms with Gasteiger partial charge < -0.3 is 16.0 Å². The minimum atomic E-state index is -2.72. The first-order valence-corrected chi connectivity index (χ1v) is 10.5. The third-order valence-electron chi connectivity index (χ3n) is 5.71. The molecule has 1 aliphatic rings. The van der Waals surface area contributed by atoms with Gasteiger partial charge >= 0.3 is 0 Å². The molecular formula is C23H28F2N4O2. The van der Waals surface area contributed by atoms with Gasteiger partial charge in [0, 0.05) is 56.2 Å². The maximum atomic E-state index is 14.0. The highest BCUT2D eigenvalue weighted by atomic mass is 19.3. The normalized spacial score (nSPS) is 18.8. The van der Waals surface area contributed by atoms with Crippen molar-refractivity contribution in [2.24, 2.45) is 5.92 Å². The molecular weight excluding hydrogens is 402 g/mol. The lowest BCUT2D eigenvalue weighted by atomic mass is 9.92. The highest BCUT2D eigenvalue weighted by Crippen LogP contribution is 2.32. The zero-order chi connectivity index (χ0) is 22.4. The number of nitrogens with zero attached hydrogens (tertiary/aromatic N) is 1. The fraction of sp³-hybridized carbons (Fsp3) is 0.435.